The summed E-state index contributed by atoms with van der Waals surface area (Å²) >= 11 is 7.26. The highest BCUT2D eigenvalue weighted by Gasteiger charge is 2.28. The van der Waals surface area contributed by atoms with E-state index in [0.717, 1.165) is 25.9 Å². The third-order valence-electron chi connectivity index (χ3n) is 3.26. The van der Waals surface area contributed by atoms with Gasteiger partial charge in [-0.15, -0.1) is 0 Å². The van der Waals surface area contributed by atoms with Crippen LogP contribution in [0.1, 0.15) is 18.4 Å². The van der Waals surface area contributed by atoms with Gasteiger partial charge in [-0.2, -0.15) is 4.99 Å². The van der Waals surface area contributed by atoms with Gasteiger partial charge in [-0.05, 0) is 42.8 Å². The van der Waals surface area contributed by atoms with Gasteiger partial charge < -0.3 is 4.90 Å². The number of nitrogens with zero attached hydrogens (tertiary/aromatic N) is 2. The van der Waals surface area contributed by atoms with Gasteiger partial charge >= 0.3 is 0 Å². The molecule has 1 fully saturated rings. The monoisotopic (exact) mass is 310 g/mol. The van der Waals surface area contributed by atoms with Crippen LogP contribution in [0.3, 0.4) is 0 Å². The summed E-state index contributed by atoms with van der Waals surface area (Å²) in [5.74, 6) is -0.760. The van der Waals surface area contributed by atoms with E-state index < -0.39 is 5.82 Å². The maximum Gasteiger partial charge on any atom is 0.286 e. The first kappa shape index (κ1) is 13.6. The lowest BCUT2D eigenvalue weighted by molar-refractivity contribution is -0.113. The Labute approximate surface area is 125 Å². The number of carbonyl (C=O) groups is 1. The van der Waals surface area contributed by atoms with E-state index in [-0.39, 0.29) is 11.5 Å². The molecule has 3 nitrogen and oxygen atoms in total. The van der Waals surface area contributed by atoms with Crippen LogP contribution in [0.15, 0.2) is 28.1 Å². The molecule has 2 aliphatic rings. The molecule has 0 radical (unpaired) electrons. The Hall–Kier alpha value is -1.33. The van der Waals surface area contributed by atoms with Crippen LogP contribution in [0.2, 0.25) is 5.02 Å². The van der Waals surface area contributed by atoms with E-state index in [9.17, 15) is 9.18 Å². The lowest BCUT2D eigenvalue weighted by Crippen LogP contribution is -2.23. The molecule has 0 unspecified atom stereocenters. The Morgan fingerprint density at radius 1 is 1.35 bits per heavy atom. The fourth-order valence-corrected chi connectivity index (χ4v) is 3.39. The number of rotatable bonds is 1. The van der Waals surface area contributed by atoms with Crippen molar-refractivity contribution >= 4 is 40.5 Å². The van der Waals surface area contributed by atoms with Gasteiger partial charge in [-0.3, -0.25) is 4.79 Å². The van der Waals surface area contributed by atoms with E-state index in [2.05, 4.69) is 9.89 Å². The van der Waals surface area contributed by atoms with Crippen molar-refractivity contribution < 1.29 is 9.18 Å². The Morgan fingerprint density at radius 2 is 2.10 bits per heavy atom. The van der Waals surface area contributed by atoms with E-state index >= 15 is 0 Å². The highest BCUT2D eigenvalue weighted by molar-refractivity contribution is 8.18. The summed E-state index contributed by atoms with van der Waals surface area (Å²) in [7, 11) is 0. The average Bonchev–Trinajstić information content (AvgIpc) is 3.04. The first-order valence-electron chi connectivity index (χ1n) is 6.36. The highest BCUT2D eigenvalue weighted by atomic mass is 35.5. The number of likely N-dealkylation sites (tertiary alicyclic amines) is 1. The van der Waals surface area contributed by atoms with Crippen molar-refractivity contribution in [1.82, 2.24) is 4.90 Å². The number of thioether (sulfide) groups is 1. The fraction of sp³-hybridized carbons (Fsp3) is 0.286. The second-order valence-electron chi connectivity index (χ2n) is 4.64. The van der Waals surface area contributed by atoms with Crippen LogP contribution in [0.4, 0.5) is 4.39 Å². The zero-order valence-electron chi connectivity index (χ0n) is 10.6. The fourth-order valence-electron chi connectivity index (χ4n) is 2.22. The lowest BCUT2D eigenvalue weighted by atomic mass is 10.2. The quantitative estimate of drug-likeness (QED) is 0.744. The molecule has 104 valence electrons. The summed E-state index contributed by atoms with van der Waals surface area (Å²) in [6.07, 6.45) is 3.72. The molecule has 2 heterocycles. The predicted molar refractivity (Wildman–Crippen MR) is 80.2 cm³/mol. The van der Waals surface area contributed by atoms with Gasteiger partial charge in [-0.1, -0.05) is 17.7 Å². The molecule has 1 aromatic rings. The smallest absolute Gasteiger partial charge is 0.286 e. The standard InChI is InChI=1S/C14H12ClFN2OS/c15-10-4-3-5-11(16)9(10)8-12-13(19)17-14(20-12)18-6-1-2-7-18/h3-5,8H,1-2,6-7H2/b12-8-. The number of amidine groups is 1. The zero-order valence-corrected chi connectivity index (χ0v) is 12.2. The van der Waals surface area contributed by atoms with Crippen LogP contribution < -0.4 is 0 Å². The van der Waals surface area contributed by atoms with E-state index in [4.69, 9.17) is 11.6 Å². The third kappa shape index (κ3) is 2.60. The summed E-state index contributed by atoms with van der Waals surface area (Å²) in [4.78, 5) is 18.4. The second-order valence-corrected chi connectivity index (χ2v) is 6.06. The molecule has 3 rings (SSSR count). The second kappa shape index (κ2) is 5.58. The van der Waals surface area contributed by atoms with E-state index in [0.29, 0.717) is 15.1 Å². The molecule has 0 N–H and O–H groups in total. The van der Waals surface area contributed by atoms with Gasteiger partial charge in [0.05, 0.1) is 9.93 Å². The molecule has 0 spiro atoms. The minimum absolute atomic E-state index is 0.239. The maximum absolute atomic E-state index is 13.7. The molecule has 1 amide bonds. The van der Waals surface area contributed by atoms with Gasteiger partial charge in [0.2, 0.25) is 0 Å². The zero-order chi connectivity index (χ0) is 14.1. The summed E-state index contributed by atoms with van der Waals surface area (Å²) < 4.78 is 13.7. The van der Waals surface area contributed by atoms with E-state index in [1.54, 1.807) is 6.07 Å². The summed E-state index contributed by atoms with van der Waals surface area (Å²) in [5, 5.41) is 1.01. The molecule has 1 saturated heterocycles. The molecular weight excluding hydrogens is 299 g/mol. The molecule has 0 saturated carbocycles. The summed E-state index contributed by atoms with van der Waals surface area (Å²) in [5.41, 5.74) is 0.239. The first-order chi connectivity index (χ1) is 9.65. The molecule has 2 aliphatic heterocycles. The molecular formula is C14H12ClFN2OS. The third-order valence-corrected chi connectivity index (χ3v) is 4.63. The number of halogens is 2. The van der Waals surface area contributed by atoms with Gasteiger partial charge in [0.1, 0.15) is 5.82 Å². The van der Waals surface area contributed by atoms with Crippen LogP contribution in [0.25, 0.3) is 6.08 Å². The van der Waals surface area contributed by atoms with E-state index in [1.807, 2.05) is 0 Å². The van der Waals surface area contributed by atoms with Gasteiger partial charge in [0, 0.05) is 18.7 Å². The average molecular weight is 311 g/mol. The van der Waals surface area contributed by atoms with Crippen LogP contribution in [0.5, 0.6) is 0 Å². The van der Waals surface area contributed by atoms with Crippen LogP contribution in [-0.2, 0) is 4.79 Å². The summed E-state index contributed by atoms with van der Waals surface area (Å²) in [6.45, 7) is 1.85. The number of hydrogen-bond acceptors (Lipinski definition) is 3. The number of carbonyl (C=O) groups excluding carboxylic acids is 1. The summed E-state index contributed by atoms with van der Waals surface area (Å²) in [6, 6.07) is 4.46. The predicted octanol–water partition coefficient (Wildman–Crippen LogP) is 3.55. The maximum atomic E-state index is 13.7. The van der Waals surface area contributed by atoms with Gasteiger partial charge in [0.15, 0.2) is 5.17 Å². The minimum atomic E-state index is -0.437. The minimum Gasteiger partial charge on any atom is -0.351 e. The molecule has 1 aromatic carbocycles. The molecule has 0 bridgehead atoms. The Kier molecular flexibility index (Phi) is 3.81. The normalized spacial score (nSPS) is 20.9. The van der Waals surface area contributed by atoms with Crippen molar-refractivity contribution in [2.24, 2.45) is 4.99 Å². The van der Waals surface area contributed by atoms with Crippen LogP contribution in [-0.4, -0.2) is 29.1 Å². The molecule has 0 aromatic heterocycles. The van der Waals surface area contributed by atoms with Crippen molar-refractivity contribution in [3.63, 3.8) is 0 Å². The number of amides is 1. The SMILES string of the molecule is O=C1N=C(N2CCCC2)S/C1=C\c1c(F)cccc1Cl. The number of aliphatic imine (C=N–C) groups is 1. The number of benzene rings is 1. The van der Waals surface area contributed by atoms with Crippen molar-refractivity contribution in [1.29, 1.82) is 0 Å². The van der Waals surface area contributed by atoms with Crippen molar-refractivity contribution in [3.8, 4) is 0 Å². The largest absolute Gasteiger partial charge is 0.351 e. The first-order valence-corrected chi connectivity index (χ1v) is 7.56. The molecule has 20 heavy (non-hydrogen) atoms. The van der Waals surface area contributed by atoms with Gasteiger partial charge in [-0.25, -0.2) is 4.39 Å². The molecule has 0 aliphatic carbocycles. The van der Waals surface area contributed by atoms with Gasteiger partial charge in [0.25, 0.3) is 5.91 Å². The lowest BCUT2D eigenvalue weighted by Gasteiger charge is -2.14. The highest BCUT2D eigenvalue weighted by Crippen LogP contribution is 2.33. The van der Waals surface area contributed by atoms with Crippen LogP contribution in [0, 0.1) is 5.82 Å². The van der Waals surface area contributed by atoms with Crippen molar-refractivity contribution in [2.45, 2.75) is 12.8 Å². The van der Waals surface area contributed by atoms with Crippen LogP contribution >= 0.6 is 23.4 Å². The number of hydrogen-bond donors (Lipinski definition) is 0. The van der Waals surface area contributed by atoms with Crippen molar-refractivity contribution in [3.05, 3.63) is 39.5 Å². The topological polar surface area (TPSA) is 32.7 Å². The Balaban J connectivity index is 1.86. The van der Waals surface area contributed by atoms with Crippen molar-refractivity contribution in [2.75, 3.05) is 13.1 Å². The molecule has 0 atom stereocenters. The Morgan fingerprint density at radius 3 is 2.80 bits per heavy atom. The van der Waals surface area contributed by atoms with E-state index in [1.165, 1.54) is 30.0 Å². The molecule has 6 heteroatoms. The Bertz CT molecular complexity index is 603.